The zero-order valence-corrected chi connectivity index (χ0v) is 17.3. The molecule has 0 aromatic rings. The molecular formula is C16H35IN4O2. The molecule has 2 N–H and O–H groups in total. The topological polar surface area (TPSA) is 58.1 Å². The van der Waals surface area contributed by atoms with Gasteiger partial charge in [0.2, 0.25) is 0 Å². The minimum atomic E-state index is 0. The molecule has 0 bridgehead atoms. The number of rotatable bonds is 11. The normalized spacial score (nSPS) is 18.7. The van der Waals surface area contributed by atoms with Gasteiger partial charge in [0.25, 0.3) is 0 Å². The minimum Gasteiger partial charge on any atom is -0.382 e. The molecule has 1 atom stereocenters. The summed E-state index contributed by atoms with van der Waals surface area (Å²) in [6.45, 7) is 12.7. The molecular weight excluding hydrogens is 407 g/mol. The molecule has 23 heavy (non-hydrogen) atoms. The number of halogens is 1. The summed E-state index contributed by atoms with van der Waals surface area (Å²) in [4.78, 5) is 7.22. The second-order valence-electron chi connectivity index (χ2n) is 5.65. The lowest BCUT2D eigenvalue weighted by molar-refractivity contribution is 0.0698. The first-order valence-corrected chi connectivity index (χ1v) is 8.61. The fourth-order valence-corrected chi connectivity index (χ4v) is 2.54. The number of guanidine groups is 1. The van der Waals surface area contributed by atoms with Crippen molar-refractivity contribution in [1.29, 1.82) is 0 Å². The first-order valence-electron chi connectivity index (χ1n) is 8.61. The van der Waals surface area contributed by atoms with Gasteiger partial charge in [-0.15, -0.1) is 24.0 Å². The Bertz CT molecular complexity index is 306. The van der Waals surface area contributed by atoms with E-state index in [1.54, 1.807) is 7.11 Å². The van der Waals surface area contributed by atoms with E-state index in [-0.39, 0.29) is 24.0 Å². The van der Waals surface area contributed by atoms with Gasteiger partial charge < -0.3 is 25.0 Å². The Morgan fingerprint density at radius 1 is 1.22 bits per heavy atom. The van der Waals surface area contributed by atoms with E-state index in [0.29, 0.717) is 19.1 Å². The van der Waals surface area contributed by atoms with Gasteiger partial charge in [-0.25, -0.2) is 0 Å². The average Bonchev–Trinajstić information content (AvgIpc) is 2.99. The molecule has 1 saturated heterocycles. The summed E-state index contributed by atoms with van der Waals surface area (Å²) in [5, 5.41) is 6.68. The van der Waals surface area contributed by atoms with Crippen LogP contribution in [0.4, 0.5) is 0 Å². The second-order valence-corrected chi connectivity index (χ2v) is 5.65. The van der Waals surface area contributed by atoms with Crippen molar-refractivity contribution in [1.82, 2.24) is 15.5 Å². The molecule has 1 unspecified atom stereocenters. The van der Waals surface area contributed by atoms with E-state index in [1.807, 2.05) is 0 Å². The van der Waals surface area contributed by atoms with E-state index in [2.05, 4.69) is 29.4 Å². The highest BCUT2D eigenvalue weighted by Gasteiger charge is 2.20. The molecule has 1 aliphatic heterocycles. The van der Waals surface area contributed by atoms with E-state index in [1.165, 1.54) is 19.5 Å². The smallest absolute Gasteiger partial charge is 0.191 e. The molecule has 0 aromatic carbocycles. The van der Waals surface area contributed by atoms with Crippen LogP contribution < -0.4 is 10.6 Å². The Labute approximate surface area is 158 Å². The summed E-state index contributed by atoms with van der Waals surface area (Å²) < 4.78 is 10.4. The molecule has 0 aliphatic carbocycles. The van der Waals surface area contributed by atoms with Crippen molar-refractivity contribution in [2.45, 2.75) is 26.7 Å². The van der Waals surface area contributed by atoms with Gasteiger partial charge in [-0.1, -0.05) is 6.92 Å². The number of hydrogen-bond donors (Lipinski definition) is 2. The summed E-state index contributed by atoms with van der Waals surface area (Å²) in [6.07, 6.45) is 2.24. The Hall–Kier alpha value is -0.120. The van der Waals surface area contributed by atoms with Crippen LogP contribution in [0.3, 0.4) is 0 Å². The molecule has 0 aromatic heterocycles. The highest BCUT2D eigenvalue weighted by Crippen LogP contribution is 2.15. The predicted octanol–water partition coefficient (Wildman–Crippen LogP) is 1.55. The number of nitrogens with one attached hydrogen (secondary N) is 2. The van der Waals surface area contributed by atoms with Crippen LogP contribution in [0, 0.1) is 5.92 Å². The minimum absolute atomic E-state index is 0. The molecule has 0 spiro atoms. The SMILES string of the molecule is CCNC(=NCC1CCN(CC)C1)NCCCOCCOC.I. The van der Waals surface area contributed by atoms with Gasteiger partial charge in [0.1, 0.15) is 0 Å². The molecule has 1 heterocycles. The lowest BCUT2D eigenvalue weighted by Crippen LogP contribution is -2.38. The summed E-state index contributed by atoms with van der Waals surface area (Å²) in [6, 6.07) is 0. The predicted molar refractivity (Wildman–Crippen MR) is 107 cm³/mol. The van der Waals surface area contributed by atoms with Crippen molar-refractivity contribution in [3.05, 3.63) is 0 Å². The average molecular weight is 442 g/mol. The summed E-state index contributed by atoms with van der Waals surface area (Å²) in [5.41, 5.74) is 0. The van der Waals surface area contributed by atoms with Crippen molar-refractivity contribution < 1.29 is 9.47 Å². The number of methoxy groups -OCH3 is 1. The lowest BCUT2D eigenvalue weighted by Gasteiger charge is -2.14. The van der Waals surface area contributed by atoms with Crippen LogP contribution in [0.2, 0.25) is 0 Å². The maximum Gasteiger partial charge on any atom is 0.191 e. The van der Waals surface area contributed by atoms with Crippen LogP contribution in [0.1, 0.15) is 26.7 Å². The number of nitrogens with zero attached hydrogens (tertiary/aromatic N) is 2. The quantitative estimate of drug-likeness (QED) is 0.220. The van der Waals surface area contributed by atoms with Gasteiger partial charge in [0, 0.05) is 39.9 Å². The fraction of sp³-hybridized carbons (Fsp3) is 0.938. The zero-order chi connectivity index (χ0) is 16.0. The maximum absolute atomic E-state index is 5.45. The van der Waals surface area contributed by atoms with Crippen molar-refractivity contribution >= 4 is 29.9 Å². The van der Waals surface area contributed by atoms with Crippen molar-refractivity contribution in [2.75, 3.05) is 66.2 Å². The summed E-state index contributed by atoms with van der Waals surface area (Å²) in [5.74, 6) is 1.63. The van der Waals surface area contributed by atoms with Crippen molar-refractivity contribution in [3.8, 4) is 0 Å². The number of ether oxygens (including phenoxy) is 2. The number of hydrogen-bond acceptors (Lipinski definition) is 4. The van der Waals surface area contributed by atoms with Crippen molar-refractivity contribution in [3.63, 3.8) is 0 Å². The molecule has 1 aliphatic rings. The Kier molecular flexibility index (Phi) is 15.3. The van der Waals surface area contributed by atoms with E-state index in [9.17, 15) is 0 Å². The standard InChI is InChI=1S/C16H34N4O2.HI/c1-4-17-16(18-8-6-10-22-12-11-21-3)19-13-15-7-9-20(5-2)14-15;/h15H,4-14H2,1-3H3,(H2,17,18,19);1H. The van der Waals surface area contributed by atoms with Gasteiger partial charge in [-0.3, -0.25) is 4.99 Å². The lowest BCUT2D eigenvalue weighted by atomic mass is 10.1. The molecule has 138 valence electrons. The van der Waals surface area contributed by atoms with Gasteiger partial charge in [0.05, 0.1) is 13.2 Å². The first kappa shape index (κ1) is 22.9. The van der Waals surface area contributed by atoms with Crippen LogP contribution in [0.25, 0.3) is 0 Å². The molecule has 0 amide bonds. The van der Waals surface area contributed by atoms with Crippen molar-refractivity contribution in [2.24, 2.45) is 10.9 Å². The summed E-state index contributed by atoms with van der Waals surface area (Å²) in [7, 11) is 1.69. The largest absolute Gasteiger partial charge is 0.382 e. The monoisotopic (exact) mass is 442 g/mol. The van der Waals surface area contributed by atoms with Crippen LogP contribution in [0.5, 0.6) is 0 Å². The number of aliphatic imine (C=N–C) groups is 1. The zero-order valence-electron chi connectivity index (χ0n) is 15.0. The third-order valence-electron chi connectivity index (χ3n) is 3.86. The third kappa shape index (κ3) is 11.1. The summed E-state index contributed by atoms with van der Waals surface area (Å²) >= 11 is 0. The van der Waals surface area contributed by atoms with Gasteiger partial charge in [0.15, 0.2) is 5.96 Å². The second kappa shape index (κ2) is 15.4. The van der Waals surface area contributed by atoms with Crippen LogP contribution in [-0.2, 0) is 9.47 Å². The molecule has 0 saturated carbocycles. The highest BCUT2D eigenvalue weighted by atomic mass is 127. The Morgan fingerprint density at radius 3 is 2.70 bits per heavy atom. The van der Waals surface area contributed by atoms with E-state index in [0.717, 1.165) is 45.2 Å². The number of likely N-dealkylation sites (tertiary alicyclic amines) is 1. The fourth-order valence-electron chi connectivity index (χ4n) is 2.54. The van der Waals surface area contributed by atoms with E-state index in [4.69, 9.17) is 14.5 Å². The van der Waals surface area contributed by atoms with Crippen LogP contribution >= 0.6 is 24.0 Å². The highest BCUT2D eigenvalue weighted by molar-refractivity contribution is 14.0. The molecule has 0 radical (unpaired) electrons. The molecule has 6 nitrogen and oxygen atoms in total. The van der Waals surface area contributed by atoms with Crippen LogP contribution in [-0.4, -0.2) is 77.1 Å². The van der Waals surface area contributed by atoms with Crippen LogP contribution in [0.15, 0.2) is 4.99 Å². The molecule has 1 fully saturated rings. The van der Waals surface area contributed by atoms with Gasteiger partial charge >= 0.3 is 0 Å². The maximum atomic E-state index is 5.45. The van der Waals surface area contributed by atoms with E-state index < -0.39 is 0 Å². The van der Waals surface area contributed by atoms with Gasteiger partial charge in [-0.05, 0) is 38.8 Å². The molecule has 1 rings (SSSR count). The van der Waals surface area contributed by atoms with Gasteiger partial charge in [-0.2, -0.15) is 0 Å². The van der Waals surface area contributed by atoms with E-state index >= 15 is 0 Å². The Morgan fingerprint density at radius 2 is 2.04 bits per heavy atom. The first-order chi connectivity index (χ1) is 10.8. The Balaban J connectivity index is 0.00000484. The third-order valence-corrected chi connectivity index (χ3v) is 3.86. The molecule has 7 heteroatoms.